The van der Waals surface area contributed by atoms with E-state index in [4.69, 9.17) is 4.74 Å². The average molecular weight is 324 g/mol. The number of pyridine rings is 1. The fraction of sp³-hybridized carbons (Fsp3) is 0.118. The van der Waals surface area contributed by atoms with Crippen molar-refractivity contribution in [3.8, 4) is 5.75 Å². The molecule has 1 aromatic carbocycles. The Morgan fingerprint density at radius 2 is 1.88 bits per heavy atom. The molecule has 122 valence electrons. The number of rotatable bonds is 3. The highest BCUT2D eigenvalue weighted by molar-refractivity contribution is 6.00. The van der Waals surface area contributed by atoms with Crippen molar-refractivity contribution in [2.24, 2.45) is 0 Å². The Labute approximate surface area is 137 Å². The zero-order chi connectivity index (χ0) is 17.1. The molecule has 3 aromatic rings. The van der Waals surface area contributed by atoms with Gasteiger partial charge in [0.2, 0.25) is 0 Å². The second kappa shape index (κ2) is 6.41. The fourth-order valence-electron chi connectivity index (χ4n) is 2.29. The van der Waals surface area contributed by atoms with E-state index >= 15 is 0 Å². The van der Waals surface area contributed by atoms with E-state index in [1.807, 2.05) is 0 Å². The number of methoxy groups -OCH3 is 1. The SMILES string of the molecule is COc1ccc(NC(=O)Nc2c(C)nc3ccccn3c2=O)cc1. The fourth-order valence-corrected chi connectivity index (χ4v) is 2.29. The monoisotopic (exact) mass is 324 g/mol. The molecule has 0 atom stereocenters. The van der Waals surface area contributed by atoms with Gasteiger partial charge in [-0.3, -0.25) is 9.20 Å². The standard InChI is InChI=1S/C17H16N4O3/c1-11-15(16(22)21-10-4-3-5-14(21)18-11)20-17(23)19-12-6-8-13(24-2)9-7-12/h3-10H,1-2H3,(H2,19,20,23). The predicted molar refractivity (Wildman–Crippen MR) is 91.8 cm³/mol. The molecule has 7 nitrogen and oxygen atoms in total. The van der Waals surface area contributed by atoms with Gasteiger partial charge < -0.3 is 15.4 Å². The van der Waals surface area contributed by atoms with E-state index in [9.17, 15) is 9.59 Å². The van der Waals surface area contributed by atoms with Gasteiger partial charge in [-0.1, -0.05) is 6.07 Å². The summed E-state index contributed by atoms with van der Waals surface area (Å²) in [6.45, 7) is 1.68. The van der Waals surface area contributed by atoms with Crippen LogP contribution < -0.4 is 20.9 Å². The summed E-state index contributed by atoms with van der Waals surface area (Å²) in [5.41, 5.74) is 1.38. The number of aromatic nitrogens is 2. The maximum atomic E-state index is 12.5. The first-order chi connectivity index (χ1) is 11.6. The molecule has 0 saturated heterocycles. The summed E-state index contributed by atoms with van der Waals surface area (Å²) in [5, 5.41) is 5.23. The van der Waals surface area contributed by atoms with Crippen molar-refractivity contribution in [1.29, 1.82) is 0 Å². The Morgan fingerprint density at radius 1 is 1.12 bits per heavy atom. The van der Waals surface area contributed by atoms with Crippen LogP contribution in [0.3, 0.4) is 0 Å². The number of carbonyl (C=O) groups excluding carboxylic acids is 1. The van der Waals surface area contributed by atoms with Crippen molar-refractivity contribution in [1.82, 2.24) is 9.38 Å². The third-order valence-corrected chi connectivity index (χ3v) is 3.50. The molecule has 0 aliphatic heterocycles. The molecule has 0 saturated carbocycles. The number of urea groups is 1. The number of amides is 2. The Morgan fingerprint density at radius 3 is 2.58 bits per heavy atom. The average Bonchev–Trinajstić information content (AvgIpc) is 2.59. The molecule has 2 heterocycles. The minimum absolute atomic E-state index is 0.143. The number of fused-ring (bicyclic) bond motifs is 1. The molecule has 0 unspecified atom stereocenters. The Bertz CT molecular complexity index is 948. The summed E-state index contributed by atoms with van der Waals surface area (Å²) in [4.78, 5) is 29.0. The van der Waals surface area contributed by atoms with Crippen LogP contribution in [0, 0.1) is 6.92 Å². The minimum Gasteiger partial charge on any atom is -0.497 e. The van der Waals surface area contributed by atoms with Gasteiger partial charge in [0.05, 0.1) is 12.8 Å². The zero-order valence-electron chi connectivity index (χ0n) is 13.2. The third-order valence-electron chi connectivity index (χ3n) is 3.50. The lowest BCUT2D eigenvalue weighted by Gasteiger charge is -2.10. The van der Waals surface area contributed by atoms with Crippen molar-refractivity contribution < 1.29 is 9.53 Å². The van der Waals surface area contributed by atoms with Gasteiger partial charge in [0.25, 0.3) is 5.56 Å². The second-order valence-electron chi connectivity index (χ2n) is 5.11. The van der Waals surface area contributed by atoms with Crippen LogP contribution in [0.15, 0.2) is 53.5 Å². The van der Waals surface area contributed by atoms with E-state index in [1.54, 1.807) is 62.7 Å². The Hall–Kier alpha value is -3.35. The van der Waals surface area contributed by atoms with E-state index in [-0.39, 0.29) is 11.2 Å². The number of aryl methyl sites for hydroxylation is 1. The molecule has 0 bridgehead atoms. The lowest BCUT2D eigenvalue weighted by Crippen LogP contribution is -2.27. The number of anilines is 2. The second-order valence-corrected chi connectivity index (χ2v) is 5.11. The summed E-state index contributed by atoms with van der Waals surface area (Å²) in [5.74, 6) is 0.689. The highest BCUT2D eigenvalue weighted by Crippen LogP contribution is 2.15. The van der Waals surface area contributed by atoms with E-state index in [2.05, 4.69) is 15.6 Å². The number of hydrogen-bond donors (Lipinski definition) is 2. The topological polar surface area (TPSA) is 84.7 Å². The van der Waals surface area contributed by atoms with Gasteiger partial charge in [-0.2, -0.15) is 0 Å². The van der Waals surface area contributed by atoms with Gasteiger partial charge in [-0.05, 0) is 43.3 Å². The molecule has 2 aromatic heterocycles. The van der Waals surface area contributed by atoms with E-state index < -0.39 is 6.03 Å². The maximum Gasteiger partial charge on any atom is 0.323 e. The molecular weight excluding hydrogens is 308 g/mol. The van der Waals surface area contributed by atoms with E-state index in [1.165, 1.54) is 4.40 Å². The lowest BCUT2D eigenvalue weighted by molar-refractivity contribution is 0.262. The Kier molecular flexibility index (Phi) is 4.15. The first-order valence-electron chi connectivity index (χ1n) is 7.28. The largest absolute Gasteiger partial charge is 0.497 e. The normalized spacial score (nSPS) is 10.4. The number of carbonyl (C=O) groups is 1. The number of benzene rings is 1. The quantitative estimate of drug-likeness (QED) is 0.775. The highest BCUT2D eigenvalue weighted by Gasteiger charge is 2.12. The smallest absolute Gasteiger partial charge is 0.323 e. The summed E-state index contributed by atoms with van der Waals surface area (Å²) in [6.07, 6.45) is 1.61. The van der Waals surface area contributed by atoms with Crippen LogP contribution in [-0.4, -0.2) is 22.5 Å². The van der Waals surface area contributed by atoms with Crippen LogP contribution in [0.25, 0.3) is 5.65 Å². The molecule has 2 N–H and O–H groups in total. The van der Waals surface area contributed by atoms with Crippen molar-refractivity contribution >= 4 is 23.1 Å². The van der Waals surface area contributed by atoms with Gasteiger partial charge in [0.1, 0.15) is 17.1 Å². The summed E-state index contributed by atoms with van der Waals surface area (Å²) >= 11 is 0. The number of hydrogen-bond acceptors (Lipinski definition) is 4. The molecule has 0 fully saturated rings. The highest BCUT2D eigenvalue weighted by atomic mass is 16.5. The predicted octanol–water partition coefficient (Wildman–Crippen LogP) is 2.66. The van der Waals surface area contributed by atoms with Crippen molar-refractivity contribution in [2.45, 2.75) is 6.92 Å². The molecule has 0 aliphatic rings. The van der Waals surface area contributed by atoms with Crippen molar-refractivity contribution in [2.75, 3.05) is 17.7 Å². The molecule has 7 heteroatoms. The van der Waals surface area contributed by atoms with Gasteiger partial charge in [0.15, 0.2) is 0 Å². The summed E-state index contributed by atoms with van der Waals surface area (Å²) in [7, 11) is 1.57. The van der Waals surface area contributed by atoms with Crippen LogP contribution in [0.5, 0.6) is 5.75 Å². The van der Waals surface area contributed by atoms with Gasteiger partial charge >= 0.3 is 6.03 Å². The van der Waals surface area contributed by atoms with Crippen molar-refractivity contribution in [3.63, 3.8) is 0 Å². The van der Waals surface area contributed by atoms with Gasteiger partial charge in [-0.25, -0.2) is 9.78 Å². The van der Waals surface area contributed by atoms with Crippen LogP contribution in [0.2, 0.25) is 0 Å². The zero-order valence-corrected chi connectivity index (χ0v) is 13.2. The van der Waals surface area contributed by atoms with Crippen molar-refractivity contribution in [3.05, 3.63) is 64.7 Å². The van der Waals surface area contributed by atoms with Gasteiger partial charge in [-0.15, -0.1) is 0 Å². The first kappa shape index (κ1) is 15.5. The maximum absolute atomic E-state index is 12.5. The van der Waals surface area contributed by atoms with Crippen LogP contribution in [-0.2, 0) is 0 Å². The Balaban J connectivity index is 1.83. The molecule has 24 heavy (non-hydrogen) atoms. The molecule has 2 amide bonds. The summed E-state index contributed by atoms with van der Waals surface area (Å²) < 4.78 is 6.45. The number of nitrogens with one attached hydrogen (secondary N) is 2. The van der Waals surface area contributed by atoms with Crippen LogP contribution >= 0.6 is 0 Å². The third kappa shape index (κ3) is 3.05. The first-order valence-corrected chi connectivity index (χ1v) is 7.28. The lowest BCUT2D eigenvalue weighted by atomic mass is 10.3. The van der Waals surface area contributed by atoms with Crippen LogP contribution in [0.4, 0.5) is 16.2 Å². The molecule has 0 aliphatic carbocycles. The summed E-state index contributed by atoms with van der Waals surface area (Å²) in [6, 6.07) is 11.6. The molecular formula is C17H16N4O3. The molecule has 3 rings (SSSR count). The molecule has 0 radical (unpaired) electrons. The van der Waals surface area contributed by atoms with Crippen LogP contribution in [0.1, 0.15) is 5.69 Å². The van der Waals surface area contributed by atoms with Gasteiger partial charge in [0, 0.05) is 11.9 Å². The molecule has 0 spiro atoms. The van der Waals surface area contributed by atoms with E-state index in [0.717, 1.165) is 0 Å². The number of nitrogens with zero attached hydrogens (tertiary/aromatic N) is 2. The minimum atomic E-state index is -0.516. The van der Waals surface area contributed by atoms with E-state index in [0.29, 0.717) is 22.8 Å². The number of ether oxygens (including phenoxy) is 1.